The molecule has 4 aromatic rings. The molecule has 1 aliphatic heterocycles. The summed E-state index contributed by atoms with van der Waals surface area (Å²) in [5.74, 6) is 0. The van der Waals surface area contributed by atoms with Gasteiger partial charge in [0.05, 0.1) is 23.5 Å². The molecule has 1 aromatic carbocycles. The summed E-state index contributed by atoms with van der Waals surface area (Å²) in [5.41, 5.74) is 6.33. The van der Waals surface area contributed by atoms with Crippen molar-refractivity contribution in [2.75, 3.05) is 25.0 Å². The van der Waals surface area contributed by atoms with E-state index in [1.165, 1.54) is 15.8 Å². The minimum absolute atomic E-state index is 0.0499. The van der Waals surface area contributed by atoms with Crippen molar-refractivity contribution in [3.05, 3.63) is 76.2 Å². The molecule has 6 nitrogen and oxygen atoms in total. The first kappa shape index (κ1) is 21.0. The molecule has 0 spiro atoms. The van der Waals surface area contributed by atoms with E-state index in [2.05, 4.69) is 63.5 Å². The Morgan fingerprint density at radius 1 is 1.12 bits per heavy atom. The zero-order valence-corrected chi connectivity index (χ0v) is 19.4. The van der Waals surface area contributed by atoms with E-state index in [0.29, 0.717) is 6.61 Å². The lowest BCUT2D eigenvalue weighted by molar-refractivity contribution is -0.0350. The van der Waals surface area contributed by atoms with Crippen molar-refractivity contribution >= 4 is 33.1 Å². The molecule has 3 aromatic heterocycles. The number of nitrogens with one attached hydrogen (secondary N) is 1. The zero-order chi connectivity index (χ0) is 22.1. The molecule has 1 aliphatic rings. The Labute approximate surface area is 192 Å². The monoisotopic (exact) mass is 445 g/mol. The number of aryl methyl sites for hydroxylation is 3. The molecule has 32 heavy (non-hydrogen) atoms. The molecule has 0 radical (unpaired) electrons. The van der Waals surface area contributed by atoms with Gasteiger partial charge in [0.25, 0.3) is 0 Å². The van der Waals surface area contributed by atoms with E-state index in [0.717, 1.165) is 53.1 Å². The van der Waals surface area contributed by atoms with E-state index < -0.39 is 0 Å². The number of thiazole rings is 1. The number of anilines is 2. The fourth-order valence-corrected chi connectivity index (χ4v) is 4.92. The van der Waals surface area contributed by atoms with Gasteiger partial charge in [-0.05, 0) is 56.7 Å². The van der Waals surface area contributed by atoms with Crippen LogP contribution in [0.3, 0.4) is 0 Å². The van der Waals surface area contributed by atoms with Crippen LogP contribution in [0.15, 0.2) is 48.7 Å². The van der Waals surface area contributed by atoms with Gasteiger partial charge in [0.1, 0.15) is 6.10 Å². The van der Waals surface area contributed by atoms with Gasteiger partial charge in [0, 0.05) is 47.5 Å². The molecular formula is C25H27N5OS. The van der Waals surface area contributed by atoms with Gasteiger partial charge in [-0.25, -0.2) is 4.98 Å². The average molecular weight is 446 g/mol. The summed E-state index contributed by atoms with van der Waals surface area (Å²) < 4.78 is 6.13. The second-order valence-electron chi connectivity index (χ2n) is 8.33. The summed E-state index contributed by atoms with van der Waals surface area (Å²) >= 11 is 1.67. The van der Waals surface area contributed by atoms with Crippen molar-refractivity contribution in [1.82, 2.24) is 19.9 Å². The summed E-state index contributed by atoms with van der Waals surface area (Å²) in [6, 6.07) is 14.8. The highest BCUT2D eigenvalue weighted by molar-refractivity contribution is 7.15. The topological polar surface area (TPSA) is 63.2 Å². The first-order chi connectivity index (χ1) is 15.5. The molecule has 0 amide bonds. The molecule has 0 bridgehead atoms. The Morgan fingerprint density at radius 3 is 2.88 bits per heavy atom. The number of ether oxygens (including phenoxy) is 1. The number of benzene rings is 1. The van der Waals surface area contributed by atoms with Gasteiger partial charge < -0.3 is 10.1 Å². The predicted octanol–water partition coefficient (Wildman–Crippen LogP) is 5.33. The van der Waals surface area contributed by atoms with Gasteiger partial charge in [0.15, 0.2) is 5.13 Å². The van der Waals surface area contributed by atoms with Crippen LogP contribution in [0.25, 0.3) is 10.9 Å². The van der Waals surface area contributed by atoms with Crippen molar-refractivity contribution in [2.24, 2.45) is 0 Å². The first-order valence-corrected chi connectivity index (χ1v) is 11.7. The lowest BCUT2D eigenvalue weighted by atomic mass is 10.1. The lowest BCUT2D eigenvalue weighted by Gasteiger charge is -2.33. The van der Waals surface area contributed by atoms with Crippen molar-refractivity contribution in [3.63, 3.8) is 0 Å². The van der Waals surface area contributed by atoms with E-state index in [1.807, 2.05) is 26.1 Å². The van der Waals surface area contributed by atoms with Crippen LogP contribution in [-0.4, -0.2) is 39.5 Å². The number of morpholine rings is 1. The average Bonchev–Trinajstić information content (AvgIpc) is 3.10. The van der Waals surface area contributed by atoms with E-state index in [1.54, 1.807) is 11.3 Å². The smallest absolute Gasteiger partial charge is 0.187 e. The summed E-state index contributed by atoms with van der Waals surface area (Å²) in [4.78, 5) is 17.5. The number of rotatable bonds is 5. The molecule has 1 unspecified atom stereocenters. The molecule has 5 rings (SSSR count). The fourth-order valence-electron chi connectivity index (χ4n) is 4.09. The standard InChI is InChI=1S/C25H27N5OS/c1-16-11-21(29-25-28-17(2)18(3)32-25)13-23(27-16)24-15-30(9-10-31-24)14-19-6-7-22-20(12-19)5-4-8-26-22/h4-8,11-13,24H,9-10,14-15H2,1-3H3,(H,27,28,29). The van der Waals surface area contributed by atoms with Gasteiger partial charge in [-0.2, -0.15) is 0 Å². The van der Waals surface area contributed by atoms with Crippen molar-refractivity contribution in [1.29, 1.82) is 0 Å². The number of hydrogen-bond donors (Lipinski definition) is 1. The molecule has 0 saturated carbocycles. The molecule has 4 heterocycles. The first-order valence-electron chi connectivity index (χ1n) is 10.9. The van der Waals surface area contributed by atoms with Crippen molar-refractivity contribution in [3.8, 4) is 0 Å². The Hall–Kier alpha value is -2.87. The number of nitrogens with zero attached hydrogens (tertiary/aromatic N) is 4. The number of fused-ring (bicyclic) bond motifs is 1. The van der Waals surface area contributed by atoms with Crippen LogP contribution in [0.5, 0.6) is 0 Å². The molecule has 7 heteroatoms. The normalized spacial score (nSPS) is 17.0. The van der Waals surface area contributed by atoms with Gasteiger partial charge in [-0.3, -0.25) is 14.9 Å². The molecule has 1 fully saturated rings. The lowest BCUT2D eigenvalue weighted by Crippen LogP contribution is -2.38. The van der Waals surface area contributed by atoms with Gasteiger partial charge in [-0.1, -0.05) is 12.1 Å². The Kier molecular flexibility index (Phi) is 5.87. The molecule has 1 saturated heterocycles. The van der Waals surface area contributed by atoms with Crippen LogP contribution < -0.4 is 5.32 Å². The molecule has 1 N–H and O–H groups in total. The van der Waals surface area contributed by atoms with E-state index in [9.17, 15) is 0 Å². The van der Waals surface area contributed by atoms with Crippen LogP contribution in [0.2, 0.25) is 0 Å². The SMILES string of the molecule is Cc1cc(Nc2nc(C)c(C)s2)cc(C2CN(Cc3ccc4ncccc4c3)CCO2)n1. The predicted molar refractivity (Wildman–Crippen MR) is 130 cm³/mol. The molecular weight excluding hydrogens is 418 g/mol. The second kappa shape index (κ2) is 8.94. The largest absolute Gasteiger partial charge is 0.369 e. The van der Waals surface area contributed by atoms with Crippen LogP contribution in [0, 0.1) is 20.8 Å². The zero-order valence-electron chi connectivity index (χ0n) is 18.6. The van der Waals surface area contributed by atoms with E-state index in [4.69, 9.17) is 9.72 Å². The van der Waals surface area contributed by atoms with Crippen LogP contribution in [-0.2, 0) is 11.3 Å². The van der Waals surface area contributed by atoms with Gasteiger partial charge >= 0.3 is 0 Å². The van der Waals surface area contributed by atoms with Crippen LogP contribution in [0.4, 0.5) is 10.8 Å². The fraction of sp³-hybridized carbons (Fsp3) is 0.320. The summed E-state index contributed by atoms with van der Waals surface area (Å²) in [7, 11) is 0. The Morgan fingerprint density at radius 2 is 2.03 bits per heavy atom. The molecule has 0 aliphatic carbocycles. The third kappa shape index (κ3) is 4.65. The quantitative estimate of drug-likeness (QED) is 0.448. The summed E-state index contributed by atoms with van der Waals surface area (Å²) in [5, 5.41) is 5.54. The summed E-state index contributed by atoms with van der Waals surface area (Å²) in [6.07, 6.45) is 1.79. The van der Waals surface area contributed by atoms with Crippen molar-refractivity contribution in [2.45, 2.75) is 33.4 Å². The highest BCUT2D eigenvalue weighted by atomic mass is 32.1. The maximum absolute atomic E-state index is 6.13. The minimum atomic E-state index is -0.0499. The number of pyridine rings is 2. The van der Waals surface area contributed by atoms with Gasteiger partial charge in [-0.15, -0.1) is 11.3 Å². The molecule has 1 atom stereocenters. The Bertz CT molecular complexity index is 1230. The van der Waals surface area contributed by atoms with E-state index >= 15 is 0 Å². The third-order valence-electron chi connectivity index (χ3n) is 5.81. The number of hydrogen-bond acceptors (Lipinski definition) is 7. The van der Waals surface area contributed by atoms with Gasteiger partial charge in [0.2, 0.25) is 0 Å². The van der Waals surface area contributed by atoms with E-state index in [-0.39, 0.29) is 6.10 Å². The van der Waals surface area contributed by atoms with Crippen molar-refractivity contribution < 1.29 is 4.74 Å². The van der Waals surface area contributed by atoms with Crippen LogP contribution >= 0.6 is 11.3 Å². The highest BCUT2D eigenvalue weighted by Gasteiger charge is 2.24. The maximum Gasteiger partial charge on any atom is 0.187 e. The van der Waals surface area contributed by atoms with Crippen LogP contribution in [0.1, 0.15) is 33.6 Å². The molecule has 164 valence electrons. The maximum atomic E-state index is 6.13. The minimum Gasteiger partial charge on any atom is -0.369 e. The number of aromatic nitrogens is 3. The highest BCUT2D eigenvalue weighted by Crippen LogP contribution is 2.29. The summed E-state index contributed by atoms with van der Waals surface area (Å²) in [6.45, 7) is 9.47. The Balaban J connectivity index is 1.31. The third-order valence-corrected chi connectivity index (χ3v) is 6.80. The second-order valence-corrected chi connectivity index (χ2v) is 9.54.